The number of ether oxygens (including phenoxy) is 1. The van der Waals surface area contributed by atoms with E-state index >= 15 is 0 Å². The van der Waals surface area contributed by atoms with Gasteiger partial charge in [-0.25, -0.2) is 4.79 Å². The Morgan fingerprint density at radius 3 is 2.38 bits per heavy atom. The maximum absolute atomic E-state index is 11.1. The van der Waals surface area contributed by atoms with E-state index < -0.39 is 12.1 Å². The molecule has 0 saturated heterocycles. The van der Waals surface area contributed by atoms with Gasteiger partial charge in [-0.2, -0.15) is 13.2 Å². The quantitative estimate of drug-likeness (QED) is 0.820. The second kappa shape index (κ2) is 8.90. The minimum absolute atomic E-state index is 0.171. The molecule has 21 heavy (non-hydrogen) atoms. The standard InChI is InChI=1S/C10H14N2O2.C2HF3O2/c1-2-14-10(13)7-8(11)9-5-3-4-6-12-9;3-2(4,5)1(6)7/h3-6,8H,2,7,11H2,1H3;(H,6,7). The molecule has 1 atom stereocenters. The molecule has 0 amide bonds. The minimum Gasteiger partial charge on any atom is -0.475 e. The normalized spacial score (nSPS) is 11.9. The lowest BCUT2D eigenvalue weighted by Gasteiger charge is -2.09. The van der Waals surface area contributed by atoms with Gasteiger partial charge in [0.1, 0.15) is 0 Å². The molecule has 1 unspecified atom stereocenters. The Morgan fingerprint density at radius 1 is 1.43 bits per heavy atom. The van der Waals surface area contributed by atoms with Gasteiger partial charge < -0.3 is 15.6 Å². The Morgan fingerprint density at radius 2 is 2.00 bits per heavy atom. The van der Waals surface area contributed by atoms with Crippen LogP contribution in [0.4, 0.5) is 13.2 Å². The molecule has 0 radical (unpaired) electrons. The van der Waals surface area contributed by atoms with Crippen molar-refractivity contribution in [2.75, 3.05) is 6.61 Å². The number of esters is 1. The van der Waals surface area contributed by atoms with Gasteiger partial charge in [0, 0.05) is 6.20 Å². The van der Waals surface area contributed by atoms with Crippen molar-refractivity contribution in [2.45, 2.75) is 25.6 Å². The van der Waals surface area contributed by atoms with E-state index in [0.29, 0.717) is 12.3 Å². The largest absolute Gasteiger partial charge is 0.490 e. The van der Waals surface area contributed by atoms with Crippen molar-refractivity contribution < 1.29 is 32.6 Å². The lowest BCUT2D eigenvalue weighted by molar-refractivity contribution is -0.192. The third-order valence-corrected chi connectivity index (χ3v) is 2.00. The number of carbonyl (C=O) groups excluding carboxylic acids is 1. The number of pyridine rings is 1. The van der Waals surface area contributed by atoms with E-state index in [0.717, 1.165) is 0 Å². The van der Waals surface area contributed by atoms with Crippen molar-refractivity contribution in [2.24, 2.45) is 5.73 Å². The topological polar surface area (TPSA) is 103 Å². The molecule has 118 valence electrons. The van der Waals surface area contributed by atoms with Gasteiger partial charge in [0.15, 0.2) is 0 Å². The van der Waals surface area contributed by atoms with Crippen molar-refractivity contribution >= 4 is 11.9 Å². The molecule has 0 saturated carbocycles. The third-order valence-electron chi connectivity index (χ3n) is 2.00. The molecule has 9 heteroatoms. The van der Waals surface area contributed by atoms with Crippen LogP contribution in [0.3, 0.4) is 0 Å². The van der Waals surface area contributed by atoms with E-state index in [4.69, 9.17) is 20.4 Å². The highest BCUT2D eigenvalue weighted by atomic mass is 19.4. The van der Waals surface area contributed by atoms with Gasteiger partial charge in [-0.05, 0) is 19.1 Å². The van der Waals surface area contributed by atoms with E-state index in [9.17, 15) is 18.0 Å². The molecule has 0 aromatic carbocycles. The summed E-state index contributed by atoms with van der Waals surface area (Å²) in [7, 11) is 0. The van der Waals surface area contributed by atoms with Crippen molar-refractivity contribution in [3.05, 3.63) is 30.1 Å². The first kappa shape index (κ1) is 18.8. The number of aliphatic carboxylic acids is 1. The van der Waals surface area contributed by atoms with E-state index in [1.54, 1.807) is 25.3 Å². The molecule has 0 aliphatic rings. The van der Waals surface area contributed by atoms with Gasteiger partial charge in [0.25, 0.3) is 0 Å². The van der Waals surface area contributed by atoms with Crippen LogP contribution in [0.1, 0.15) is 25.1 Å². The van der Waals surface area contributed by atoms with E-state index in [-0.39, 0.29) is 18.4 Å². The summed E-state index contributed by atoms with van der Waals surface area (Å²) in [5.74, 6) is -3.04. The lowest BCUT2D eigenvalue weighted by Crippen LogP contribution is -2.21. The molecule has 3 N–H and O–H groups in total. The predicted molar refractivity (Wildman–Crippen MR) is 66.1 cm³/mol. The fourth-order valence-corrected chi connectivity index (χ4v) is 1.10. The zero-order valence-corrected chi connectivity index (χ0v) is 11.1. The van der Waals surface area contributed by atoms with Crippen LogP contribution in [0.2, 0.25) is 0 Å². The number of nitrogens with zero attached hydrogens (tertiary/aromatic N) is 1. The van der Waals surface area contributed by atoms with Gasteiger partial charge in [0.2, 0.25) is 0 Å². The SMILES string of the molecule is CCOC(=O)CC(N)c1ccccn1.O=C(O)C(F)(F)F. The molecule has 6 nitrogen and oxygen atoms in total. The summed E-state index contributed by atoms with van der Waals surface area (Å²) in [5, 5.41) is 7.12. The van der Waals surface area contributed by atoms with Gasteiger partial charge in [-0.1, -0.05) is 6.07 Å². The average molecular weight is 308 g/mol. The number of aromatic nitrogens is 1. The van der Waals surface area contributed by atoms with Crippen LogP contribution in [0, 0.1) is 0 Å². The number of carboxylic acids is 1. The van der Waals surface area contributed by atoms with E-state index in [2.05, 4.69) is 4.98 Å². The Kier molecular flexibility index (Phi) is 7.99. The summed E-state index contributed by atoms with van der Waals surface area (Å²) in [5.41, 5.74) is 6.47. The van der Waals surface area contributed by atoms with Crippen LogP contribution in [0.25, 0.3) is 0 Å². The molecular formula is C12H15F3N2O4. The third kappa shape index (κ3) is 8.58. The van der Waals surface area contributed by atoms with Crippen LogP contribution in [-0.4, -0.2) is 34.8 Å². The van der Waals surface area contributed by atoms with E-state index in [1.807, 2.05) is 6.07 Å². The van der Waals surface area contributed by atoms with E-state index in [1.165, 1.54) is 0 Å². The van der Waals surface area contributed by atoms with Crippen molar-refractivity contribution in [3.8, 4) is 0 Å². The van der Waals surface area contributed by atoms with Gasteiger partial charge in [0.05, 0.1) is 24.8 Å². The maximum Gasteiger partial charge on any atom is 0.490 e. The molecule has 0 aliphatic heterocycles. The highest BCUT2D eigenvalue weighted by Gasteiger charge is 2.38. The number of hydrogen-bond donors (Lipinski definition) is 2. The first-order chi connectivity index (χ1) is 9.68. The molecule has 0 bridgehead atoms. The number of alkyl halides is 3. The molecule has 1 heterocycles. The number of hydrogen-bond acceptors (Lipinski definition) is 5. The molecule has 0 aliphatic carbocycles. The first-order valence-corrected chi connectivity index (χ1v) is 5.80. The number of carbonyl (C=O) groups is 2. The number of rotatable bonds is 4. The summed E-state index contributed by atoms with van der Waals surface area (Å²) < 4.78 is 36.5. The van der Waals surface area contributed by atoms with Crippen molar-refractivity contribution in [3.63, 3.8) is 0 Å². The second-order valence-electron chi connectivity index (χ2n) is 3.67. The zero-order valence-electron chi connectivity index (χ0n) is 11.1. The van der Waals surface area contributed by atoms with Crippen molar-refractivity contribution in [1.82, 2.24) is 4.98 Å². The second-order valence-corrected chi connectivity index (χ2v) is 3.67. The molecular weight excluding hydrogens is 293 g/mol. The Labute approximate surface area is 118 Å². The summed E-state index contributed by atoms with van der Waals surface area (Å²) in [6, 6.07) is 5.06. The number of carboxylic acid groups (broad SMARTS) is 1. The Hall–Kier alpha value is -2.16. The molecule has 1 rings (SSSR count). The van der Waals surface area contributed by atoms with Crippen LogP contribution >= 0.6 is 0 Å². The smallest absolute Gasteiger partial charge is 0.475 e. The predicted octanol–water partition coefficient (Wildman–Crippen LogP) is 1.67. The summed E-state index contributed by atoms with van der Waals surface area (Å²) in [6.07, 6.45) is -3.26. The van der Waals surface area contributed by atoms with Crippen LogP contribution < -0.4 is 5.73 Å². The highest BCUT2D eigenvalue weighted by molar-refractivity contribution is 5.73. The summed E-state index contributed by atoms with van der Waals surface area (Å²) in [6.45, 7) is 2.15. The lowest BCUT2D eigenvalue weighted by atomic mass is 10.1. The van der Waals surface area contributed by atoms with Crippen LogP contribution in [0.15, 0.2) is 24.4 Å². The first-order valence-electron chi connectivity index (χ1n) is 5.80. The molecule has 0 fully saturated rings. The molecule has 1 aromatic rings. The maximum atomic E-state index is 11.1. The Balaban J connectivity index is 0.000000486. The van der Waals surface area contributed by atoms with Crippen LogP contribution in [0.5, 0.6) is 0 Å². The average Bonchev–Trinajstić information content (AvgIpc) is 2.39. The van der Waals surface area contributed by atoms with Crippen LogP contribution in [-0.2, 0) is 14.3 Å². The minimum atomic E-state index is -5.08. The fourth-order valence-electron chi connectivity index (χ4n) is 1.10. The molecule has 1 aromatic heterocycles. The number of halogens is 3. The monoisotopic (exact) mass is 308 g/mol. The molecule has 0 spiro atoms. The highest BCUT2D eigenvalue weighted by Crippen LogP contribution is 2.13. The number of nitrogens with two attached hydrogens (primary N) is 1. The summed E-state index contributed by atoms with van der Waals surface area (Å²) >= 11 is 0. The summed E-state index contributed by atoms with van der Waals surface area (Å²) in [4.78, 5) is 24.1. The van der Waals surface area contributed by atoms with Gasteiger partial charge >= 0.3 is 18.1 Å². The fraction of sp³-hybridized carbons (Fsp3) is 0.417. The van der Waals surface area contributed by atoms with Crippen molar-refractivity contribution in [1.29, 1.82) is 0 Å². The Bertz CT molecular complexity index is 452. The van der Waals surface area contributed by atoms with Gasteiger partial charge in [-0.3, -0.25) is 9.78 Å². The van der Waals surface area contributed by atoms with Gasteiger partial charge in [-0.15, -0.1) is 0 Å². The zero-order chi connectivity index (χ0) is 16.5.